The Morgan fingerprint density at radius 3 is 2.50 bits per heavy atom. The highest BCUT2D eigenvalue weighted by atomic mass is 35.5. The third kappa shape index (κ3) is 4.88. The predicted molar refractivity (Wildman–Crippen MR) is 100 cm³/mol. The van der Waals surface area contributed by atoms with Gasteiger partial charge in [-0.3, -0.25) is 4.79 Å². The highest BCUT2D eigenvalue weighted by molar-refractivity contribution is 7.89. The van der Waals surface area contributed by atoms with E-state index in [2.05, 4.69) is 6.92 Å². The number of hydrogen-bond acceptors (Lipinski definition) is 4. The molecular weight excluding hydrogens is 378 g/mol. The Morgan fingerprint density at radius 1 is 1.31 bits per heavy atom. The van der Waals surface area contributed by atoms with Crippen LogP contribution < -0.4 is 9.64 Å². The van der Waals surface area contributed by atoms with Crippen molar-refractivity contribution < 1.29 is 22.8 Å². The van der Waals surface area contributed by atoms with Gasteiger partial charge in [0.15, 0.2) is 0 Å². The lowest BCUT2D eigenvalue weighted by atomic mass is 10.3. The van der Waals surface area contributed by atoms with Gasteiger partial charge in [0.1, 0.15) is 5.75 Å². The highest BCUT2D eigenvalue weighted by Gasteiger charge is 2.28. The summed E-state index contributed by atoms with van der Waals surface area (Å²) in [5, 5.41) is 0.228. The van der Waals surface area contributed by atoms with E-state index in [1.54, 1.807) is 4.90 Å². The summed E-state index contributed by atoms with van der Waals surface area (Å²) in [6, 6.07) is 4.32. The molecule has 9 heteroatoms. The molecule has 0 aromatic heterocycles. The number of benzene rings is 1. The van der Waals surface area contributed by atoms with Crippen molar-refractivity contribution in [1.29, 1.82) is 0 Å². The minimum Gasteiger partial charge on any atom is -0.492 e. The van der Waals surface area contributed by atoms with Crippen LogP contribution in [-0.4, -0.2) is 76.5 Å². The Balaban J connectivity index is 2.04. The van der Waals surface area contributed by atoms with Gasteiger partial charge in [-0.1, -0.05) is 11.6 Å². The number of carbonyl (C=O) groups is 1. The van der Waals surface area contributed by atoms with Crippen LogP contribution in [-0.2, 0) is 14.8 Å². The summed E-state index contributed by atoms with van der Waals surface area (Å²) >= 11 is 6.09. The van der Waals surface area contributed by atoms with E-state index in [0.717, 1.165) is 23.9 Å². The molecule has 1 N–H and O–H groups in total. The third-order valence-electron chi connectivity index (χ3n) is 4.59. The van der Waals surface area contributed by atoms with Crippen molar-refractivity contribution >= 4 is 27.5 Å². The van der Waals surface area contributed by atoms with E-state index in [4.69, 9.17) is 16.3 Å². The zero-order chi connectivity index (χ0) is 19.3. The van der Waals surface area contributed by atoms with Crippen molar-refractivity contribution in [2.75, 3.05) is 52.9 Å². The second-order valence-corrected chi connectivity index (χ2v) is 8.72. The second kappa shape index (κ2) is 9.03. The molecule has 0 spiro atoms. The van der Waals surface area contributed by atoms with Gasteiger partial charge < -0.3 is 14.5 Å². The van der Waals surface area contributed by atoms with E-state index >= 15 is 0 Å². The summed E-state index contributed by atoms with van der Waals surface area (Å²) in [7, 11) is -2.39. The number of nitrogens with zero attached hydrogens (tertiary/aromatic N) is 2. The monoisotopic (exact) mass is 404 g/mol. The normalized spacial score (nSPS) is 16.1. The van der Waals surface area contributed by atoms with Gasteiger partial charge in [-0.05, 0) is 32.0 Å². The molecule has 1 aromatic carbocycles. The first-order valence-electron chi connectivity index (χ1n) is 8.79. The first-order valence-corrected chi connectivity index (χ1v) is 10.6. The Hall–Kier alpha value is -1.35. The van der Waals surface area contributed by atoms with Crippen molar-refractivity contribution in [2.24, 2.45) is 0 Å². The first-order chi connectivity index (χ1) is 12.3. The quantitative estimate of drug-likeness (QED) is 0.700. The number of hydrogen-bond donors (Lipinski definition) is 1. The van der Waals surface area contributed by atoms with Crippen LogP contribution >= 0.6 is 11.6 Å². The Morgan fingerprint density at radius 2 is 1.96 bits per heavy atom. The molecule has 0 atom stereocenters. The van der Waals surface area contributed by atoms with Crippen LogP contribution in [0.3, 0.4) is 0 Å². The average molecular weight is 405 g/mol. The van der Waals surface area contributed by atoms with Crippen molar-refractivity contribution in [3.63, 3.8) is 0 Å². The summed E-state index contributed by atoms with van der Waals surface area (Å²) in [6.45, 7) is 8.34. The average Bonchev–Trinajstić information content (AvgIpc) is 2.63. The number of halogens is 1. The smallest absolute Gasteiger partial charge is 0.243 e. The van der Waals surface area contributed by atoms with Crippen LogP contribution in [0.2, 0.25) is 5.02 Å². The minimum atomic E-state index is -3.80. The number of likely N-dealkylation sites (N-methyl/N-ethyl adjacent to an activating group) is 2. The van der Waals surface area contributed by atoms with Gasteiger partial charge in [-0.2, -0.15) is 4.31 Å². The largest absolute Gasteiger partial charge is 0.492 e. The van der Waals surface area contributed by atoms with E-state index in [9.17, 15) is 13.2 Å². The van der Waals surface area contributed by atoms with Crippen LogP contribution in [0.15, 0.2) is 23.1 Å². The molecule has 146 valence electrons. The molecule has 0 radical (unpaired) electrons. The van der Waals surface area contributed by atoms with Gasteiger partial charge in [-0.15, -0.1) is 0 Å². The molecule has 1 aliphatic rings. The summed E-state index contributed by atoms with van der Waals surface area (Å²) in [5.74, 6) is 0.256. The van der Waals surface area contributed by atoms with E-state index in [1.165, 1.54) is 30.1 Å². The van der Waals surface area contributed by atoms with Gasteiger partial charge in [0, 0.05) is 7.05 Å². The molecule has 0 aliphatic carbocycles. The van der Waals surface area contributed by atoms with Crippen molar-refractivity contribution in [3.05, 3.63) is 23.2 Å². The lowest BCUT2D eigenvalue weighted by Gasteiger charge is -2.32. The van der Waals surface area contributed by atoms with Crippen molar-refractivity contribution in [3.8, 4) is 5.75 Å². The maximum Gasteiger partial charge on any atom is 0.243 e. The fraction of sp³-hybridized carbons (Fsp3) is 0.588. The summed E-state index contributed by atoms with van der Waals surface area (Å²) < 4.78 is 31.8. The molecule has 1 fully saturated rings. The summed E-state index contributed by atoms with van der Waals surface area (Å²) in [4.78, 5) is 15.7. The first kappa shape index (κ1) is 21.0. The topological polar surface area (TPSA) is 71.4 Å². The minimum absolute atomic E-state index is 0.0431. The zero-order valence-electron chi connectivity index (χ0n) is 15.5. The Kier molecular flexibility index (Phi) is 7.28. The SMILES string of the molecule is CCOc1ccc(S(=O)(=O)N(C)CC(=O)N2CC[NH+](CC)CC2)cc1Cl. The number of carbonyl (C=O) groups excluding carboxylic acids is 1. The molecule has 1 amide bonds. The molecule has 1 heterocycles. The molecule has 26 heavy (non-hydrogen) atoms. The number of amides is 1. The molecule has 1 aliphatic heterocycles. The Labute approximate surface area is 160 Å². The van der Waals surface area contributed by atoms with E-state index < -0.39 is 10.0 Å². The van der Waals surface area contributed by atoms with Gasteiger partial charge in [0.25, 0.3) is 0 Å². The van der Waals surface area contributed by atoms with Crippen LogP contribution in [0.1, 0.15) is 13.8 Å². The van der Waals surface area contributed by atoms with Crippen LogP contribution in [0.4, 0.5) is 0 Å². The number of quaternary nitrogens is 1. The lowest BCUT2D eigenvalue weighted by Crippen LogP contribution is -3.14. The van der Waals surface area contributed by atoms with Gasteiger partial charge in [0.2, 0.25) is 15.9 Å². The molecule has 2 rings (SSSR count). The number of nitrogens with one attached hydrogen (secondary N) is 1. The molecule has 0 unspecified atom stereocenters. The van der Waals surface area contributed by atoms with Gasteiger partial charge in [-0.25, -0.2) is 8.42 Å². The Bertz CT molecular complexity index is 734. The summed E-state index contributed by atoms with van der Waals surface area (Å²) in [5.41, 5.74) is 0. The zero-order valence-corrected chi connectivity index (χ0v) is 17.1. The van der Waals surface area contributed by atoms with E-state index in [-0.39, 0.29) is 22.4 Å². The van der Waals surface area contributed by atoms with E-state index in [1.807, 2.05) is 6.92 Å². The standard InChI is InChI=1S/C17H26ClN3O4S/c1-4-20-8-10-21(11-9-20)17(22)13-19(3)26(23,24)14-6-7-16(25-5-2)15(18)12-14/h6-7,12H,4-5,8-11,13H2,1-3H3/p+1. The van der Waals surface area contributed by atoms with Crippen LogP contribution in [0, 0.1) is 0 Å². The van der Waals surface area contributed by atoms with Gasteiger partial charge >= 0.3 is 0 Å². The molecule has 1 saturated heterocycles. The molecule has 7 nitrogen and oxygen atoms in total. The maximum atomic E-state index is 12.7. The number of ether oxygens (including phenoxy) is 1. The van der Waals surface area contributed by atoms with Gasteiger partial charge in [0.05, 0.1) is 55.8 Å². The lowest BCUT2D eigenvalue weighted by molar-refractivity contribution is -0.902. The van der Waals surface area contributed by atoms with Crippen LogP contribution in [0.25, 0.3) is 0 Å². The molecular formula is C17H27ClN3O4S+. The van der Waals surface area contributed by atoms with Crippen molar-refractivity contribution in [1.82, 2.24) is 9.21 Å². The second-order valence-electron chi connectivity index (χ2n) is 6.27. The predicted octanol–water partition coefficient (Wildman–Crippen LogP) is 0.106. The molecule has 0 bridgehead atoms. The number of rotatable bonds is 7. The fourth-order valence-corrected chi connectivity index (χ4v) is 4.34. The van der Waals surface area contributed by atoms with Crippen LogP contribution in [0.5, 0.6) is 5.75 Å². The number of sulfonamides is 1. The number of piperazine rings is 1. The highest BCUT2D eigenvalue weighted by Crippen LogP contribution is 2.28. The third-order valence-corrected chi connectivity index (χ3v) is 6.69. The van der Waals surface area contributed by atoms with Crippen molar-refractivity contribution in [2.45, 2.75) is 18.7 Å². The summed E-state index contributed by atoms with van der Waals surface area (Å²) in [6.07, 6.45) is 0. The molecule has 1 aromatic rings. The van der Waals surface area contributed by atoms with E-state index in [0.29, 0.717) is 25.4 Å². The maximum absolute atomic E-state index is 12.7. The molecule has 0 saturated carbocycles. The fourth-order valence-electron chi connectivity index (χ4n) is 2.90.